The molecule has 2 aromatic rings. The van der Waals surface area contributed by atoms with Crippen molar-refractivity contribution in [3.63, 3.8) is 0 Å². The van der Waals surface area contributed by atoms with E-state index in [9.17, 15) is 19.5 Å². The van der Waals surface area contributed by atoms with E-state index in [4.69, 9.17) is 0 Å². The van der Waals surface area contributed by atoms with E-state index >= 15 is 0 Å². The molecule has 3 aliphatic heterocycles. The lowest BCUT2D eigenvalue weighted by atomic mass is 9.70. The lowest BCUT2D eigenvalue weighted by Gasteiger charge is -2.37. The molecule has 8 nitrogen and oxygen atoms in total. The number of hydrogen-bond donors (Lipinski definition) is 3. The number of carbonyl (C=O) groups excluding carboxylic acids is 3. The van der Waals surface area contributed by atoms with Crippen LogP contribution in [0.4, 0.5) is 11.4 Å². The number of amides is 3. The first-order valence-electron chi connectivity index (χ1n) is 14.5. The molecule has 0 aliphatic carbocycles. The second-order valence-electron chi connectivity index (χ2n) is 10.9. The topological polar surface area (TPSA) is 102 Å². The Hall–Kier alpha value is -3.04. The van der Waals surface area contributed by atoms with Gasteiger partial charge in [-0.3, -0.25) is 14.4 Å². The largest absolute Gasteiger partial charge is 0.394 e. The molecular weight excluding hydrogens is 524 g/mol. The number of aliphatic hydroxyl groups excluding tert-OH is 1. The van der Waals surface area contributed by atoms with Gasteiger partial charge in [-0.05, 0) is 62.9 Å². The normalized spacial score (nSPS) is 27.4. The molecule has 2 bridgehead atoms. The molecule has 3 heterocycles. The van der Waals surface area contributed by atoms with Crippen molar-refractivity contribution in [3.8, 4) is 0 Å². The third-order valence-electron chi connectivity index (χ3n) is 8.79. The zero-order valence-corrected chi connectivity index (χ0v) is 24.3. The fraction of sp³-hybridized carbons (Fsp3) is 0.516. The highest BCUT2D eigenvalue weighted by molar-refractivity contribution is 8.02. The van der Waals surface area contributed by atoms with E-state index in [1.807, 2.05) is 61.5 Å². The Morgan fingerprint density at radius 3 is 2.40 bits per heavy atom. The van der Waals surface area contributed by atoms with E-state index in [1.165, 1.54) is 0 Å². The highest BCUT2D eigenvalue weighted by Crippen LogP contribution is 2.67. The molecule has 5 rings (SSSR count). The van der Waals surface area contributed by atoms with Gasteiger partial charge in [0.1, 0.15) is 6.04 Å². The van der Waals surface area contributed by atoms with Crippen molar-refractivity contribution in [2.75, 3.05) is 36.5 Å². The predicted octanol–water partition coefficient (Wildman–Crippen LogP) is 3.82. The van der Waals surface area contributed by atoms with Gasteiger partial charge in [-0.15, -0.1) is 11.8 Å². The summed E-state index contributed by atoms with van der Waals surface area (Å²) in [6, 6.07) is 15.6. The van der Waals surface area contributed by atoms with Gasteiger partial charge in [0.05, 0.1) is 29.2 Å². The van der Waals surface area contributed by atoms with Crippen molar-refractivity contribution >= 4 is 40.9 Å². The first-order valence-corrected chi connectivity index (χ1v) is 15.4. The van der Waals surface area contributed by atoms with Gasteiger partial charge >= 0.3 is 0 Å². The summed E-state index contributed by atoms with van der Waals surface area (Å²) in [5, 5.41) is 16.7. The molecule has 40 heavy (non-hydrogen) atoms. The van der Waals surface area contributed by atoms with Crippen molar-refractivity contribution in [2.24, 2.45) is 11.8 Å². The lowest BCUT2D eigenvalue weighted by Crippen LogP contribution is -2.52. The smallest absolute Gasteiger partial charge is 0.248 e. The van der Waals surface area contributed by atoms with Crippen molar-refractivity contribution in [3.05, 3.63) is 60.2 Å². The van der Waals surface area contributed by atoms with Crippen LogP contribution in [0.25, 0.3) is 0 Å². The first-order chi connectivity index (χ1) is 19.4. The first kappa shape index (κ1) is 28.5. The number of carbonyl (C=O) groups is 3. The van der Waals surface area contributed by atoms with Gasteiger partial charge < -0.3 is 25.5 Å². The van der Waals surface area contributed by atoms with Gasteiger partial charge in [-0.25, -0.2) is 0 Å². The predicted molar refractivity (Wildman–Crippen MR) is 159 cm³/mol. The van der Waals surface area contributed by atoms with E-state index in [1.54, 1.807) is 16.7 Å². The van der Waals surface area contributed by atoms with Gasteiger partial charge in [-0.2, -0.15) is 0 Å². The molecule has 3 N–H and O–H groups in total. The van der Waals surface area contributed by atoms with Crippen molar-refractivity contribution < 1.29 is 19.5 Å². The summed E-state index contributed by atoms with van der Waals surface area (Å²) in [5.41, 5.74) is 2.50. The number of benzene rings is 2. The number of aliphatic hydroxyl groups is 1. The van der Waals surface area contributed by atoms with Crippen LogP contribution in [0.3, 0.4) is 0 Å². The second-order valence-corrected chi connectivity index (χ2v) is 12.5. The third kappa shape index (κ3) is 4.77. The number of rotatable bonds is 11. The van der Waals surface area contributed by atoms with E-state index < -0.39 is 28.7 Å². The number of nitrogens with one attached hydrogen (secondary N) is 2. The maximum atomic E-state index is 14.3. The van der Waals surface area contributed by atoms with Crippen LogP contribution in [0.1, 0.15) is 51.6 Å². The Balaban J connectivity index is 1.51. The maximum Gasteiger partial charge on any atom is 0.248 e. The van der Waals surface area contributed by atoms with Gasteiger partial charge in [0.15, 0.2) is 0 Å². The molecule has 2 aromatic carbocycles. The minimum Gasteiger partial charge on any atom is -0.394 e. The second kappa shape index (κ2) is 11.8. The van der Waals surface area contributed by atoms with Gasteiger partial charge in [0.25, 0.3) is 0 Å². The summed E-state index contributed by atoms with van der Waals surface area (Å²) >= 11 is 1.64. The van der Waals surface area contributed by atoms with Crippen LogP contribution in [0.5, 0.6) is 0 Å². The number of hydrogen-bond acceptors (Lipinski definition) is 6. The van der Waals surface area contributed by atoms with Crippen molar-refractivity contribution in [1.82, 2.24) is 10.2 Å². The van der Waals surface area contributed by atoms with E-state index in [0.717, 1.165) is 37.2 Å². The fourth-order valence-corrected chi connectivity index (χ4v) is 9.18. The van der Waals surface area contributed by atoms with Crippen LogP contribution in [0.15, 0.2) is 54.6 Å². The summed E-state index contributed by atoms with van der Waals surface area (Å²) in [7, 11) is 0. The Labute approximate surface area is 240 Å². The highest BCUT2D eigenvalue weighted by atomic mass is 32.2. The molecule has 0 radical (unpaired) electrons. The summed E-state index contributed by atoms with van der Waals surface area (Å²) in [6.45, 7) is 8.23. The third-order valence-corrected chi connectivity index (χ3v) is 10.7. The number of fused-ring (bicyclic) bond motifs is 1. The SMILES string of the molecule is CCCNC(=O)[C@@H]1[C@@H]2CCC3(S2)C(C(=O)Nc2ccc(N(CC)CC)cc2)N([C@H](CO)c2ccccc2)C(=O)[C@H]13. The molecule has 9 heteroatoms. The maximum absolute atomic E-state index is 14.3. The molecule has 6 atom stereocenters. The molecule has 0 saturated carbocycles. The van der Waals surface area contributed by atoms with Crippen LogP contribution in [0.2, 0.25) is 0 Å². The number of likely N-dealkylation sites (tertiary alicyclic amines) is 1. The van der Waals surface area contributed by atoms with Crippen LogP contribution in [-0.2, 0) is 14.4 Å². The Morgan fingerprint density at radius 1 is 1.07 bits per heavy atom. The quantitative estimate of drug-likeness (QED) is 0.384. The van der Waals surface area contributed by atoms with E-state index in [-0.39, 0.29) is 29.6 Å². The Morgan fingerprint density at radius 2 is 1.77 bits per heavy atom. The van der Waals surface area contributed by atoms with Crippen LogP contribution in [-0.4, -0.2) is 70.0 Å². The summed E-state index contributed by atoms with van der Waals surface area (Å²) in [5.74, 6) is -1.68. The summed E-state index contributed by atoms with van der Waals surface area (Å²) < 4.78 is -0.719. The monoisotopic (exact) mass is 564 g/mol. The Kier molecular flexibility index (Phi) is 8.42. The van der Waals surface area contributed by atoms with Crippen molar-refractivity contribution in [1.29, 1.82) is 0 Å². The zero-order valence-electron chi connectivity index (χ0n) is 23.5. The molecule has 3 amide bonds. The minimum atomic E-state index is -0.816. The molecule has 0 aromatic heterocycles. The standard InChI is InChI=1S/C31H40N4O4S/c1-4-18-32-28(37)25-24-16-17-31(40-24)26(25)30(39)35(23(19-36)20-10-8-7-9-11-20)27(31)29(38)33-21-12-14-22(15-13-21)34(5-2)6-3/h7-15,23-27,36H,4-6,16-19H2,1-3H3,(H,32,37)(H,33,38)/t23-,24+,25-,26+,27?,31?/m1/s1. The van der Waals surface area contributed by atoms with Gasteiger partial charge in [-0.1, -0.05) is 37.3 Å². The average molecular weight is 565 g/mol. The molecule has 1 spiro atoms. The van der Waals surface area contributed by atoms with Gasteiger partial charge in [0.2, 0.25) is 17.7 Å². The van der Waals surface area contributed by atoms with Crippen LogP contribution < -0.4 is 15.5 Å². The number of anilines is 2. The summed E-state index contributed by atoms with van der Waals surface area (Å²) in [4.78, 5) is 45.7. The average Bonchev–Trinajstić information content (AvgIpc) is 3.62. The summed E-state index contributed by atoms with van der Waals surface area (Å²) in [6.07, 6.45) is 2.27. The number of nitrogens with zero attached hydrogens (tertiary/aromatic N) is 2. The lowest BCUT2D eigenvalue weighted by molar-refractivity contribution is -0.142. The molecule has 3 fully saturated rings. The van der Waals surface area contributed by atoms with Crippen LogP contribution >= 0.6 is 11.8 Å². The molecule has 214 valence electrons. The fourth-order valence-electron chi connectivity index (χ4n) is 6.98. The molecule has 3 saturated heterocycles. The van der Waals surface area contributed by atoms with E-state index in [2.05, 4.69) is 29.4 Å². The van der Waals surface area contributed by atoms with Crippen molar-refractivity contribution in [2.45, 2.75) is 62.1 Å². The molecule has 2 unspecified atom stereocenters. The number of thioether (sulfide) groups is 1. The Bertz CT molecular complexity index is 1220. The van der Waals surface area contributed by atoms with Crippen LogP contribution in [0, 0.1) is 11.8 Å². The molecule has 3 aliphatic rings. The highest BCUT2D eigenvalue weighted by Gasteiger charge is 2.74. The van der Waals surface area contributed by atoms with Gasteiger partial charge in [0, 0.05) is 36.3 Å². The minimum absolute atomic E-state index is 0.000845. The zero-order chi connectivity index (χ0) is 28.4. The molecular formula is C31H40N4O4S. The van der Waals surface area contributed by atoms with E-state index in [0.29, 0.717) is 18.7 Å².